The summed E-state index contributed by atoms with van der Waals surface area (Å²) in [7, 11) is 2.06. The van der Waals surface area contributed by atoms with Gasteiger partial charge in [0.1, 0.15) is 0 Å². The Kier molecular flexibility index (Phi) is 3.53. The number of anilines is 1. The van der Waals surface area contributed by atoms with Crippen LogP contribution in [0.4, 0.5) is 5.69 Å². The van der Waals surface area contributed by atoms with Gasteiger partial charge in [0.2, 0.25) is 0 Å². The van der Waals surface area contributed by atoms with Crippen LogP contribution in [0.2, 0.25) is 0 Å². The molecule has 0 amide bonds. The zero-order valence-corrected chi connectivity index (χ0v) is 11.8. The Morgan fingerprint density at radius 3 is 2.57 bits per heavy atom. The minimum absolute atomic E-state index is 0.712. The lowest BCUT2D eigenvalue weighted by Gasteiger charge is -2.21. The second kappa shape index (κ2) is 5.64. The van der Waals surface area contributed by atoms with Gasteiger partial charge in [-0.3, -0.25) is 4.98 Å². The molecule has 3 heteroatoms. The molecule has 0 spiro atoms. The molecule has 3 rings (SSSR count). The molecule has 1 aromatic heterocycles. The molecule has 0 saturated heterocycles. The first-order valence-corrected chi connectivity index (χ1v) is 6.81. The molecule has 0 atom stereocenters. The Morgan fingerprint density at radius 2 is 1.86 bits per heavy atom. The normalized spacial score (nSPS) is 10.3. The number of rotatable bonds is 3. The predicted molar refractivity (Wildman–Crippen MR) is 85.0 cm³/mol. The third kappa shape index (κ3) is 2.56. The van der Waals surface area contributed by atoms with Crippen LogP contribution in [-0.2, 0) is 6.54 Å². The molecule has 0 unspecified atom stereocenters. The number of pyridine rings is 1. The Hall–Kier alpha value is -2.86. The molecule has 0 fully saturated rings. The summed E-state index contributed by atoms with van der Waals surface area (Å²) in [6, 6.07) is 18.2. The molecule has 0 radical (unpaired) electrons. The first kappa shape index (κ1) is 13.1. The van der Waals surface area contributed by atoms with E-state index in [0.717, 1.165) is 28.6 Å². The smallest absolute Gasteiger partial charge is 0.0998 e. The quantitative estimate of drug-likeness (QED) is 0.729. The van der Waals surface area contributed by atoms with Crippen molar-refractivity contribution in [2.45, 2.75) is 6.54 Å². The lowest BCUT2D eigenvalue weighted by atomic mass is 10.0. The van der Waals surface area contributed by atoms with Crippen LogP contribution in [-0.4, -0.2) is 12.0 Å². The minimum atomic E-state index is 0.712. The molecule has 0 aliphatic carbocycles. The predicted octanol–water partition coefficient (Wildman–Crippen LogP) is 3.74. The molecule has 0 aliphatic heterocycles. The zero-order valence-electron chi connectivity index (χ0n) is 11.8. The van der Waals surface area contributed by atoms with E-state index in [9.17, 15) is 5.26 Å². The van der Waals surface area contributed by atoms with Crippen molar-refractivity contribution in [2.24, 2.45) is 0 Å². The van der Waals surface area contributed by atoms with Crippen LogP contribution in [0.15, 0.2) is 60.9 Å². The first-order valence-electron chi connectivity index (χ1n) is 6.81. The Bertz CT molecular complexity index is 804. The highest BCUT2D eigenvalue weighted by molar-refractivity contribution is 5.97. The lowest BCUT2D eigenvalue weighted by molar-refractivity contribution is 0.920. The molecule has 0 saturated carbocycles. The minimum Gasteiger partial charge on any atom is -0.370 e. The second-order valence-electron chi connectivity index (χ2n) is 5.01. The highest BCUT2D eigenvalue weighted by Gasteiger charge is 2.09. The summed E-state index contributed by atoms with van der Waals surface area (Å²) in [5, 5.41) is 11.3. The summed E-state index contributed by atoms with van der Waals surface area (Å²) in [4.78, 5) is 6.33. The van der Waals surface area contributed by atoms with E-state index in [4.69, 9.17) is 0 Å². The van der Waals surface area contributed by atoms with Gasteiger partial charge in [-0.25, -0.2) is 0 Å². The molecule has 3 nitrogen and oxygen atoms in total. The molecule has 0 aliphatic rings. The van der Waals surface area contributed by atoms with Gasteiger partial charge in [0, 0.05) is 42.4 Å². The lowest BCUT2D eigenvalue weighted by Crippen LogP contribution is -2.16. The van der Waals surface area contributed by atoms with Crippen molar-refractivity contribution in [3.8, 4) is 6.07 Å². The highest BCUT2D eigenvalue weighted by atomic mass is 15.1. The molecular weight excluding hydrogens is 258 g/mol. The molecule has 2 aromatic carbocycles. The van der Waals surface area contributed by atoms with E-state index in [1.54, 1.807) is 6.20 Å². The number of fused-ring (bicyclic) bond motifs is 1. The van der Waals surface area contributed by atoms with Crippen LogP contribution in [0.5, 0.6) is 0 Å². The monoisotopic (exact) mass is 273 g/mol. The standard InChI is InChI=1S/C18H15N3/c1-21(13-14-5-4-10-20-12-14)18-9-8-15(11-19)16-6-2-3-7-17(16)18/h2-10,12H,13H2,1H3. The fraction of sp³-hybridized carbons (Fsp3) is 0.111. The van der Waals surface area contributed by atoms with Crippen LogP contribution >= 0.6 is 0 Å². The maximum absolute atomic E-state index is 9.23. The fourth-order valence-electron chi connectivity index (χ4n) is 2.56. The first-order chi connectivity index (χ1) is 10.3. The maximum atomic E-state index is 9.23. The van der Waals surface area contributed by atoms with E-state index >= 15 is 0 Å². The van der Waals surface area contributed by atoms with Crippen LogP contribution in [0.1, 0.15) is 11.1 Å². The summed E-state index contributed by atoms with van der Waals surface area (Å²) in [5.74, 6) is 0. The van der Waals surface area contributed by atoms with Crippen molar-refractivity contribution in [1.29, 1.82) is 5.26 Å². The van der Waals surface area contributed by atoms with E-state index in [1.165, 1.54) is 0 Å². The van der Waals surface area contributed by atoms with E-state index in [-0.39, 0.29) is 0 Å². The number of nitrogens with zero attached hydrogens (tertiary/aromatic N) is 3. The van der Waals surface area contributed by atoms with Gasteiger partial charge in [-0.05, 0) is 23.8 Å². The van der Waals surface area contributed by atoms with Gasteiger partial charge >= 0.3 is 0 Å². The Morgan fingerprint density at radius 1 is 1.05 bits per heavy atom. The van der Waals surface area contributed by atoms with Crippen molar-refractivity contribution in [1.82, 2.24) is 4.98 Å². The molecule has 21 heavy (non-hydrogen) atoms. The topological polar surface area (TPSA) is 39.9 Å². The number of hydrogen-bond acceptors (Lipinski definition) is 3. The van der Waals surface area contributed by atoms with Crippen LogP contribution in [0.25, 0.3) is 10.8 Å². The van der Waals surface area contributed by atoms with Crippen LogP contribution < -0.4 is 4.90 Å². The van der Waals surface area contributed by atoms with Gasteiger partial charge in [-0.2, -0.15) is 5.26 Å². The Balaban J connectivity index is 2.03. The summed E-state index contributed by atoms with van der Waals surface area (Å²) >= 11 is 0. The highest BCUT2D eigenvalue weighted by Crippen LogP contribution is 2.29. The average Bonchev–Trinajstić information content (AvgIpc) is 2.54. The molecule has 3 aromatic rings. The second-order valence-corrected chi connectivity index (χ2v) is 5.01. The molecular formula is C18H15N3. The van der Waals surface area contributed by atoms with Crippen molar-refractivity contribution in [2.75, 3.05) is 11.9 Å². The van der Waals surface area contributed by atoms with Crippen molar-refractivity contribution < 1.29 is 0 Å². The Labute approximate surface area is 124 Å². The largest absolute Gasteiger partial charge is 0.370 e. The van der Waals surface area contributed by atoms with E-state index < -0.39 is 0 Å². The summed E-state index contributed by atoms with van der Waals surface area (Å²) in [6.07, 6.45) is 3.66. The average molecular weight is 273 g/mol. The maximum Gasteiger partial charge on any atom is 0.0998 e. The van der Waals surface area contributed by atoms with Gasteiger partial charge in [0.15, 0.2) is 0 Å². The number of aromatic nitrogens is 1. The van der Waals surface area contributed by atoms with Gasteiger partial charge in [0.25, 0.3) is 0 Å². The van der Waals surface area contributed by atoms with E-state index in [2.05, 4.69) is 35.1 Å². The fourth-order valence-corrected chi connectivity index (χ4v) is 2.56. The summed E-state index contributed by atoms with van der Waals surface area (Å²) in [5.41, 5.74) is 2.99. The third-order valence-electron chi connectivity index (χ3n) is 3.58. The van der Waals surface area contributed by atoms with Crippen molar-refractivity contribution in [3.05, 3.63) is 72.1 Å². The van der Waals surface area contributed by atoms with Crippen LogP contribution in [0, 0.1) is 11.3 Å². The molecule has 102 valence electrons. The summed E-state index contributed by atoms with van der Waals surface area (Å²) < 4.78 is 0. The third-order valence-corrected chi connectivity index (χ3v) is 3.58. The number of benzene rings is 2. The van der Waals surface area contributed by atoms with E-state index in [1.807, 2.05) is 42.6 Å². The summed E-state index contributed by atoms with van der Waals surface area (Å²) in [6.45, 7) is 0.781. The van der Waals surface area contributed by atoms with E-state index in [0.29, 0.717) is 5.56 Å². The van der Waals surface area contributed by atoms with Crippen molar-refractivity contribution in [3.63, 3.8) is 0 Å². The number of nitriles is 1. The van der Waals surface area contributed by atoms with Gasteiger partial charge in [-0.1, -0.05) is 30.3 Å². The van der Waals surface area contributed by atoms with Crippen molar-refractivity contribution >= 4 is 16.5 Å². The van der Waals surface area contributed by atoms with Crippen LogP contribution in [0.3, 0.4) is 0 Å². The van der Waals surface area contributed by atoms with Gasteiger partial charge in [-0.15, -0.1) is 0 Å². The molecule has 0 N–H and O–H groups in total. The zero-order chi connectivity index (χ0) is 14.7. The van der Waals surface area contributed by atoms with Gasteiger partial charge in [0.05, 0.1) is 11.6 Å². The number of hydrogen-bond donors (Lipinski definition) is 0. The molecule has 0 bridgehead atoms. The van der Waals surface area contributed by atoms with Gasteiger partial charge < -0.3 is 4.90 Å². The molecule has 1 heterocycles. The SMILES string of the molecule is CN(Cc1cccnc1)c1ccc(C#N)c2ccccc12.